The van der Waals surface area contributed by atoms with Crippen LogP contribution < -0.4 is 14.2 Å². The van der Waals surface area contributed by atoms with Crippen molar-refractivity contribution < 1.29 is 27.8 Å². The van der Waals surface area contributed by atoms with E-state index in [2.05, 4.69) is 9.62 Å². The van der Waals surface area contributed by atoms with Gasteiger partial charge in [-0.3, -0.25) is 14.4 Å². The molecule has 4 aromatic carbocycles. The van der Waals surface area contributed by atoms with E-state index in [1.807, 2.05) is 82.4 Å². The summed E-state index contributed by atoms with van der Waals surface area (Å²) in [6, 6.07) is 28.9. The van der Waals surface area contributed by atoms with Crippen molar-refractivity contribution in [3.8, 4) is 17.2 Å². The minimum Gasteiger partial charge on any atom is -0.488 e. The van der Waals surface area contributed by atoms with Gasteiger partial charge >= 0.3 is 0 Å². The topological polar surface area (TPSA) is 108 Å². The Morgan fingerprint density at radius 2 is 1.68 bits per heavy atom. The van der Waals surface area contributed by atoms with Crippen LogP contribution in [0, 0.1) is 12.8 Å². The molecule has 0 unspecified atom stereocenters. The van der Waals surface area contributed by atoms with Gasteiger partial charge in [-0.05, 0) is 81.1 Å². The number of ether oxygens (including phenoxy) is 2. The number of sulfonamides is 1. The number of benzene rings is 4. The number of carbonyl (C=O) groups is 1. The molecule has 10 heteroatoms. The van der Waals surface area contributed by atoms with Crippen molar-refractivity contribution in [2.24, 2.45) is 5.92 Å². The van der Waals surface area contributed by atoms with Crippen molar-refractivity contribution in [3.05, 3.63) is 114 Å². The lowest BCUT2D eigenvalue weighted by Gasteiger charge is -2.34. The number of nitrogens with one attached hydrogen (secondary N) is 1. The zero-order chi connectivity index (χ0) is 33.6. The van der Waals surface area contributed by atoms with Crippen LogP contribution in [0.4, 0.5) is 5.69 Å². The molecule has 4 aromatic rings. The molecule has 47 heavy (non-hydrogen) atoms. The molecule has 3 atom stereocenters. The molecule has 0 radical (unpaired) electrons. The molecule has 1 heterocycles. The molecule has 1 aliphatic heterocycles. The highest BCUT2D eigenvalue weighted by atomic mass is 32.2. The van der Waals surface area contributed by atoms with Crippen LogP contribution >= 0.6 is 0 Å². The average Bonchev–Trinajstić information content (AvgIpc) is 3.09. The summed E-state index contributed by atoms with van der Waals surface area (Å²) in [5.74, 6) is 1.85. The molecule has 0 aliphatic carbocycles. The maximum Gasteiger partial charge on any atom is 0.261 e. The van der Waals surface area contributed by atoms with Crippen LogP contribution in [-0.4, -0.2) is 68.1 Å². The molecule has 0 fully saturated rings. The van der Waals surface area contributed by atoms with Gasteiger partial charge in [0, 0.05) is 36.8 Å². The van der Waals surface area contributed by atoms with E-state index in [9.17, 15) is 18.3 Å². The van der Waals surface area contributed by atoms with Crippen molar-refractivity contribution in [1.82, 2.24) is 9.80 Å². The third-order valence-corrected chi connectivity index (χ3v) is 9.74. The smallest absolute Gasteiger partial charge is 0.261 e. The normalized spacial score (nSPS) is 17.6. The largest absolute Gasteiger partial charge is 0.488 e. The number of nitrogens with zero attached hydrogens (tertiary/aromatic N) is 2. The molecule has 0 saturated carbocycles. The number of anilines is 1. The molecule has 1 amide bonds. The van der Waals surface area contributed by atoms with Crippen molar-refractivity contribution >= 4 is 21.6 Å². The summed E-state index contributed by atoms with van der Waals surface area (Å²) in [5.41, 5.74) is 2.98. The molecular weight excluding hydrogens is 614 g/mol. The molecule has 5 rings (SSSR count). The van der Waals surface area contributed by atoms with Crippen molar-refractivity contribution in [1.29, 1.82) is 0 Å². The lowest BCUT2D eigenvalue weighted by Crippen LogP contribution is -2.47. The number of hydrogen-bond acceptors (Lipinski definition) is 7. The zero-order valence-electron chi connectivity index (χ0n) is 27.3. The highest BCUT2D eigenvalue weighted by Gasteiger charge is 2.31. The van der Waals surface area contributed by atoms with Gasteiger partial charge in [0.05, 0.1) is 24.0 Å². The first-order valence-electron chi connectivity index (χ1n) is 15.8. The first-order valence-corrected chi connectivity index (χ1v) is 17.3. The predicted molar refractivity (Wildman–Crippen MR) is 183 cm³/mol. The summed E-state index contributed by atoms with van der Waals surface area (Å²) >= 11 is 0. The summed E-state index contributed by atoms with van der Waals surface area (Å²) in [7, 11) is -1.81. The second kappa shape index (κ2) is 15.0. The summed E-state index contributed by atoms with van der Waals surface area (Å²) in [5, 5.41) is 9.97. The van der Waals surface area contributed by atoms with Crippen molar-refractivity contribution in [3.63, 3.8) is 0 Å². The number of likely N-dealkylation sites (N-methyl/N-ethyl adjacent to an activating group) is 1. The fourth-order valence-electron chi connectivity index (χ4n) is 5.61. The van der Waals surface area contributed by atoms with Crippen LogP contribution in [0.15, 0.2) is 102 Å². The van der Waals surface area contributed by atoms with E-state index >= 15 is 0 Å². The summed E-state index contributed by atoms with van der Waals surface area (Å²) < 4.78 is 41.4. The number of fused-ring (bicyclic) bond motifs is 1. The standard InChI is InChI=1S/C37H43N3O6S/c1-26-10-17-34(18-11-26)47(43,44)38-31-14-19-35-30(20-31)21-37(42)40(28(3)25-41)22-27(2)36(46-35)24-39(4)23-29-12-15-33(16-13-29)45-32-8-6-5-7-9-32/h5-20,27-28,36,38,41H,21-25H2,1-4H3/t27-,28+,36-/m0/s1. The van der Waals surface area contributed by atoms with Crippen molar-refractivity contribution in [2.75, 3.05) is 31.5 Å². The van der Waals surface area contributed by atoms with Gasteiger partial charge in [-0.15, -0.1) is 0 Å². The molecule has 0 saturated heterocycles. The van der Waals surface area contributed by atoms with Gasteiger partial charge in [-0.25, -0.2) is 8.42 Å². The molecule has 0 aromatic heterocycles. The Kier molecular flexibility index (Phi) is 10.9. The Hall–Kier alpha value is -4.38. The minimum absolute atomic E-state index is 0.00640. The van der Waals surface area contributed by atoms with Crippen LogP contribution in [-0.2, 0) is 27.8 Å². The third-order valence-electron chi connectivity index (χ3n) is 8.35. The second-order valence-corrected chi connectivity index (χ2v) is 14.1. The van der Waals surface area contributed by atoms with Crippen LogP contribution in [0.5, 0.6) is 17.2 Å². The Balaban J connectivity index is 1.34. The van der Waals surface area contributed by atoms with E-state index in [0.29, 0.717) is 36.6 Å². The quantitative estimate of drug-likeness (QED) is 0.208. The van der Waals surface area contributed by atoms with E-state index < -0.39 is 10.0 Å². The average molecular weight is 658 g/mol. The Labute approximate surface area is 277 Å². The van der Waals surface area contributed by atoms with Gasteiger partial charge in [0.2, 0.25) is 5.91 Å². The summed E-state index contributed by atoms with van der Waals surface area (Å²) in [6.45, 7) is 7.24. The first kappa shape index (κ1) is 34.0. The molecule has 9 nitrogen and oxygen atoms in total. The number of para-hydroxylation sites is 1. The van der Waals surface area contributed by atoms with Gasteiger partial charge < -0.3 is 19.5 Å². The fraction of sp³-hybridized carbons (Fsp3) is 0.324. The SMILES string of the molecule is Cc1ccc(S(=O)(=O)Nc2ccc3c(c2)CC(=O)N([C@H](C)CO)C[C@H](C)[C@H](CN(C)Cc2ccc(Oc4ccccc4)cc2)O3)cc1. The van der Waals surface area contributed by atoms with Crippen LogP contribution in [0.25, 0.3) is 0 Å². The van der Waals surface area contributed by atoms with Crippen molar-refractivity contribution in [2.45, 2.75) is 50.8 Å². The predicted octanol–water partition coefficient (Wildman–Crippen LogP) is 5.87. The Morgan fingerprint density at radius 3 is 2.36 bits per heavy atom. The summed E-state index contributed by atoms with van der Waals surface area (Å²) in [4.78, 5) is 17.6. The van der Waals surface area contributed by atoms with E-state index in [0.717, 1.165) is 22.6 Å². The maximum absolute atomic E-state index is 13.6. The molecule has 0 bridgehead atoms. The molecular formula is C37H43N3O6S. The number of rotatable bonds is 11. The van der Waals surface area contributed by atoms with E-state index in [-0.39, 0.29) is 41.9 Å². The van der Waals surface area contributed by atoms with Gasteiger partial charge in [-0.2, -0.15) is 0 Å². The van der Waals surface area contributed by atoms with Gasteiger partial charge in [0.1, 0.15) is 23.4 Å². The number of aryl methyl sites for hydroxylation is 1. The Morgan fingerprint density at radius 1 is 1.00 bits per heavy atom. The third kappa shape index (κ3) is 8.91. The molecule has 2 N–H and O–H groups in total. The van der Waals surface area contributed by atoms with Crippen LogP contribution in [0.3, 0.4) is 0 Å². The Bertz CT molecular complexity index is 1750. The molecule has 1 aliphatic rings. The number of aliphatic hydroxyl groups excluding tert-OH is 1. The number of amides is 1. The minimum atomic E-state index is -3.84. The van der Waals surface area contributed by atoms with Crippen LogP contribution in [0.1, 0.15) is 30.5 Å². The fourth-order valence-corrected chi connectivity index (χ4v) is 6.66. The van der Waals surface area contributed by atoms with E-state index in [4.69, 9.17) is 9.47 Å². The lowest BCUT2D eigenvalue weighted by atomic mass is 10.0. The van der Waals surface area contributed by atoms with Gasteiger partial charge in [-0.1, -0.05) is 55.0 Å². The maximum atomic E-state index is 13.6. The van der Waals surface area contributed by atoms with Crippen LogP contribution in [0.2, 0.25) is 0 Å². The van der Waals surface area contributed by atoms with Gasteiger partial charge in [0.15, 0.2) is 0 Å². The highest BCUT2D eigenvalue weighted by molar-refractivity contribution is 7.92. The van der Waals surface area contributed by atoms with E-state index in [1.165, 1.54) is 0 Å². The zero-order valence-corrected chi connectivity index (χ0v) is 28.1. The number of carbonyl (C=O) groups excluding carboxylic acids is 1. The van der Waals surface area contributed by atoms with Gasteiger partial charge in [0.25, 0.3) is 10.0 Å². The van der Waals surface area contributed by atoms with E-state index in [1.54, 1.807) is 47.4 Å². The number of aliphatic hydroxyl groups is 1. The first-order chi connectivity index (χ1) is 22.5. The lowest BCUT2D eigenvalue weighted by molar-refractivity contribution is -0.134. The molecule has 248 valence electrons. The second-order valence-electron chi connectivity index (χ2n) is 12.4. The monoisotopic (exact) mass is 657 g/mol. The molecule has 0 spiro atoms. The highest BCUT2D eigenvalue weighted by Crippen LogP contribution is 2.30. The number of hydrogen-bond donors (Lipinski definition) is 2. The summed E-state index contributed by atoms with van der Waals surface area (Å²) in [6.07, 6.45) is -0.291.